The predicted octanol–water partition coefficient (Wildman–Crippen LogP) is 4.71. The first kappa shape index (κ1) is 28.0. The van der Waals surface area contributed by atoms with Crippen molar-refractivity contribution in [1.29, 1.82) is 0 Å². The number of hydrogen-bond donors (Lipinski definition) is 2. The van der Waals surface area contributed by atoms with Crippen LogP contribution in [-0.2, 0) is 24.1 Å². The van der Waals surface area contributed by atoms with Crippen LogP contribution in [0.15, 0.2) is 12.2 Å². The lowest BCUT2D eigenvalue weighted by Crippen LogP contribution is -2.28. The number of hydrogen-bond acceptors (Lipinski definition) is 6. The summed E-state index contributed by atoms with van der Waals surface area (Å²) in [5, 5.41) is 0. The Hall–Kier alpha value is -0.960. The maximum absolute atomic E-state index is 11.7. The summed E-state index contributed by atoms with van der Waals surface area (Å²) in [4.78, 5) is 11.7. The lowest BCUT2D eigenvalue weighted by molar-refractivity contribution is -0.150. The Labute approximate surface area is 177 Å². The van der Waals surface area contributed by atoms with E-state index in [0.717, 1.165) is 32.1 Å². The number of allylic oxidation sites excluding steroid dienone is 2. The second-order valence-electron chi connectivity index (χ2n) is 7.64. The van der Waals surface area contributed by atoms with Crippen molar-refractivity contribution in [2.45, 2.75) is 109 Å². The van der Waals surface area contributed by atoms with E-state index in [4.69, 9.17) is 15.0 Å². The highest BCUT2D eigenvalue weighted by Crippen LogP contribution is 2.10. The van der Waals surface area contributed by atoms with E-state index in [9.17, 15) is 13.2 Å². The van der Waals surface area contributed by atoms with Crippen LogP contribution in [0.2, 0.25) is 0 Å². The fourth-order valence-corrected chi connectivity index (χ4v) is 3.29. The molecule has 0 aliphatic carbocycles. The molecule has 0 bridgehead atoms. The average molecular weight is 436 g/mol. The maximum atomic E-state index is 11.7. The van der Waals surface area contributed by atoms with E-state index in [1.165, 1.54) is 51.9 Å². The molecule has 0 aromatic carbocycles. The number of rotatable bonds is 19. The summed E-state index contributed by atoms with van der Waals surface area (Å²) in [6.07, 6.45) is 18.0. The molecule has 0 rings (SSSR count). The van der Waals surface area contributed by atoms with Crippen molar-refractivity contribution < 1.29 is 26.7 Å². The smallest absolute Gasteiger partial charge is 0.397 e. The largest absolute Gasteiger partial charge is 0.460 e. The van der Waals surface area contributed by atoms with E-state index in [2.05, 4.69) is 23.3 Å². The van der Waals surface area contributed by atoms with Crippen LogP contribution in [0.3, 0.4) is 0 Å². The molecule has 0 saturated carbocycles. The number of carbonyl (C=O) groups is 1. The first-order chi connectivity index (χ1) is 13.7. The first-order valence-electron chi connectivity index (χ1n) is 11.0. The highest BCUT2D eigenvalue weighted by molar-refractivity contribution is 7.80. The summed E-state index contributed by atoms with van der Waals surface area (Å²) in [6.45, 7) is 3.29. The molecule has 0 radical (unpaired) electrons. The third-order valence-corrected chi connectivity index (χ3v) is 4.98. The van der Waals surface area contributed by atoms with Gasteiger partial charge in [0.2, 0.25) is 0 Å². The lowest BCUT2D eigenvalue weighted by Gasteiger charge is -2.15. The van der Waals surface area contributed by atoms with Gasteiger partial charge in [0.05, 0.1) is 6.42 Å². The van der Waals surface area contributed by atoms with Crippen LogP contribution < -0.4 is 5.73 Å². The minimum atomic E-state index is -4.53. The molecule has 172 valence electrons. The minimum Gasteiger partial charge on any atom is -0.460 e. The Morgan fingerprint density at radius 1 is 1.00 bits per heavy atom. The molecular weight excluding hydrogens is 394 g/mol. The maximum Gasteiger partial charge on any atom is 0.397 e. The molecule has 0 aromatic rings. The zero-order valence-electron chi connectivity index (χ0n) is 18.2. The summed E-state index contributed by atoms with van der Waals surface area (Å²) >= 11 is 0. The Balaban J connectivity index is 3.58. The van der Waals surface area contributed by atoms with Crippen LogP contribution in [0, 0.1) is 0 Å². The Morgan fingerprint density at radius 3 is 2.14 bits per heavy atom. The van der Waals surface area contributed by atoms with Crippen molar-refractivity contribution in [3.8, 4) is 0 Å². The van der Waals surface area contributed by atoms with Crippen molar-refractivity contribution in [2.24, 2.45) is 5.73 Å². The van der Waals surface area contributed by atoms with E-state index >= 15 is 0 Å². The van der Waals surface area contributed by atoms with Gasteiger partial charge in [0, 0.05) is 6.04 Å². The fraction of sp³-hybridized carbons (Fsp3) is 0.857. The second-order valence-corrected chi connectivity index (χ2v) is 8.73. The van der Waals surface area contributed by atoms with Gasteiger partial charge < -0.3 is 10.5 Å². The third-order valence-electron chi connectivity index (χ3n) is 4.55. The van der Waals surface area contributed by atoms with E-state index in [-0.39, 0.29) is 12.5 Å². The highest BCUT2D eigenvalue weighted by Gasteiger charge is 2.16. The summed E-state index contributed by atoms with van der Waals surface area (Å²) in [5.41, 5.74) is 5.95. The lowest BCUT2D eigenvalue weighted by atomic mass is 10.0. The molecule has 0 saturated heterocycles. The van der Waals surface area contributed by atoms with Gasteiger partial charge in [-0.25, -0.2) is 4.18 Å². The summed E-state index contributed by atoms with van der Waals surface area (Å²) < 4.78 is 38.6. The van der Waals surface area contributed by atoms with Crippen LogP contribution in [-0.4, -0.2) is 37.7 Å². The molecule has 0 amide bonds. The van der Waals surface area contributed by atoms with Gasteiger partial charge in [-0.3, -0.25) is 9.35 Å². The van der Waals surface area contributed by atoms with Crippen molar-refractivity contribution in [1.82, 2.24) is 0 Å². The zero-order chi connectivity index (χ0) is 22.0. The summed E-state index contributed by atoms with van der Waals surface area (Å²) in [7, 11) is -4.53. The third kappa shape index (κ3) is 21.6. The van der Waals surface area contributed by atoms with E-state index in [0.29, 0.717) is 0 Å². The molecule has 0 aromatic heterocycles. The molecule has 8 heteroatoms. The number of unbranched alkanes of at least 4 members (excludes halogenated alkanes) is 9. The number of nitrogens with two attached hydrogens (primary N) is 1. The zero-order valence-corrected chi connectivity index (χ0v) is 19.0. The molecular formula is C21H41NO6S. The van der Waals surface area contributed by atoms with Gasteiger partial charge in [0.25, 0.3) is 0 Å². The fourth-order valence-electron chi connectivity index (χ4n) is 2.93. The summed E-state index contributed by atoms with van der Waals surface area (Å²) in [5.74, 6) is -0.499. The normalized spacial score (nSPS) is 14.2. The van der Waals surface area contributed by atoms with E-state index < -0.39 is 29.1 Å². The van der Waals surface area contributed by atoms with Crippen LogP contribution in [0.4, 0.5) is 0 Å². The van der Waals surface area contributed by atoms with Gasteiger partial charge in [-0.05, 0) is 39.0 Å². The van der Waals surface area contributed by atoms with Crippen LogP contribution >= 0.6 is 0 Å². The topological polar surface area (TPSA) is 116 Å². The Bertz CT molecular complexity index is 535. The van der Waals surface area contributed by atoms with Gasteiger partial charge in [-0.2, -0.15) is 8.42 Å². The second kappa shape index (κ2) is 17.9. The Morgan fingerprint density at radius 2 is 1.55 bits per heavy atom. The molecule has 2 atom stereocenters. The molecule has 7 nitrogen and oxygen atoms in total. The molecule has 3 N–H and O–H groups in total. The monoisotopic (exact) mass is 435 g/mol. The van der Waals surface area contributed by atoms with Crippen molar-refractivity contribution in [3.05, 3.63) is 12.2 Å². The van der Waals surface area contributed by atoms with E-state index in [1.807, 2.05) is 0 Å². The van der Waals surface area contributed by atoms with Crippen LogP contribution in [0.25, 0.3) is 0 Å². The Kier molecular flexibility index (Phi) is 17.3. The molecule has 0 aliphatic rings. The number of ether oxygens (including phenoxy) is 1. The molecule has 0 spiro atoms. The SMILES string of the molecule is CCCCCCCC/C=C\CCCCCC(N)CC(=O)OC(C)COS(=O)(=O)O. The van der Waals surface area contributed by atoms with Gasteiger partial charge in [0.1, 0.15) is 12.7 Å². The van der Waals surface area contributed by atoms with Crippen molar-refractivity contribution in [2.75, 3.05) is 6.61 Å². The molecule has 2 unspecified atom stereocenters. The number of esters is 1. The quantitative estimate of drug-likeness (QED) is 0.131. The van der Waals surface area contributed by atoms with Gasteiger partial charge in [-0.15, -0.1) is 0 Å². The van der Waals surface area contributed by atoms with Crippen molar-refractivity contribution in [3.63, 3.8) is 0 Å². The summed E-state index contributed by atoms with van der Waals surface area (Å²) in [6, 6.07) is -0.277. The van der Waals surface area contributed by atoms with Gasteiger partial charge in [0.15, 0.2) is 0 Å². The van der Waals surface area contributed by atoms with Gasteiger partial charge in [-0.1, -0.05) is 64.0 Å². The highest BCUT2D eigenvalue weighted by atomic mass is 32.3. The molecule has 29 heavy (non-hydrogen) atoms. The van der Waals surface area contributed by atoms with Crippen LogP contribution in [0.1, 0.15) is 97.3 Å². The average Bonchev–Trinajstić information content (AvgIpc) is 2.63. The first-order valence-corrected chi connectivity index (χ1v) is 12.3. The number of carbonyl (C=O) groups excluding carboxylic acids is 1. The predicted molar refractivity (Wildman–Crippen MR) is 116 cm³/mol. The molecule has 0 heterocycles. The molecule has 0 aliphatic heterocycles. The molecule has 0 fully saturated rings. The van der Waals surface area contributed by atoms with E-state index in [1.54, 1.807) is 0 Å². The van der Waals surface area contributed by atoms with Crippen LogP contribution in [0.5, 0.6) is 0 Å². The van der Waals surface area contributed by atoms with Gasteiger partial charge >= 0.3 is 16.4 Å². The minimum absolute atomic E-state index is 0.0778. The standard InChI is InChI=1S/C21H41NO6S/c1-3-4-5-6-7-8-9-10-11-12-13-14-15-16-20(22)17-21(23)28-19(2)18-27-29(24,25)26/h10-11,19-20H,3-9,12-18,22H2,1-2H3,(H,24,25,26)/b11-10-. The van der Waals surface area contributed by atoms with Crippen molar-refractivity contribution >= 4 is 16.4 Å².